The van der Waals surface area contributed by atoms with E-state index < -0.39 is 6.23 Å². The van der Waals surface area contributed by atoms with Crippen molar-refractivity contribution in [3.05, 3.63) is 58.8 Å². The van der Waals surface area contributed by atoms with E-state index in [0.717, 1.165) is 41.2 Å². The van der Waals surface area contributed by atoms with Gasteiger partial charge in [-0.1, -0.05) is 12.1 Å². The first kappa shape index (κ1) is 26.3. The molecule has 2 aromatic carbocycles. The molecule has 0 amide bonds. The Morgan fingerprint density at radius 2 is 1.58 bits per heavy atom. The number of benzene rings is 2. The van der Waals surface area contributed by atoms with Crippen LogP contribution in [0.4, 0.5) is 5.69 Å². The highest BCUT2D eigenvalue weighted by Gasteiger charge is 2.49. The van der Waals surface area contributed by atoms with Crippen molar-refractivity contribution < 1.29 is 24.1 Å². The van der Waals surface area contributed by atoms with Gasteiger partial charge in [0.05, 0.1) is 27.5 Å². The van der Waals surface area contributed by atoms with Crippen LogP contribution in [0, 0.1) is 5.92 Å². The second-order valence-corrected chi connectivity index (χ2v) is 10.1. The smallest absolute Gasteiger partial charge is 0.203 e. The Balaban J connectivity index is 1.53. The minimum Gasteiger partial charge on any atom is -0.493 e. The molecule has 1 saturated heterocycles. The number of nitrogens with zero attached hydrogens (tertiary/aromatic N) is 1. The molecular formula is C29H38N4O5. The van der Waals surface area contributed by atoms with Gasteiger partial charge in [-0.25, -0.2) is 10.9 Å². The van der Waals surface area contributed by atoms with Gasteiger partial charge in [0.15, 0.2) is 17.3 Å². The average Bonchev–Trinajstić information content (AvgIpc) is 3.31. The summed E-state index contributed by atoms with van der Waals surface area (Å²) in [6.45, 7) is 6.14. The van der Waals surface area contributed by atoms with Crippen molar-refractivity contribution in [2.75, 3.05) is 39.3 Å². The minimum atomic E-state index is -0.783. The highest BCUT2D eigenvalue weighted by atomic mass is 16.5. The number of Topliss-reactive ketones (excluding diaryl/α,β-unsaturated/α-hetero) is 1. The summed E-state index contributed by atoms with van der Waals surface area (Å²) in [4.78, 5) is 16.2. The first-order valence-corrected chi connectivity index (χ1v) is 13.3. The molecule has 0 radical (unpaired) electrons. The summed E-state index contributed by atoms with van der Waals surface area (Å²) in [7, 11) is 4.77. The number of aliphatic hydroxyl groups excluding tert-OH is 1. The lowest BCUT2D eigenvalue weighted by atomic mass is 9.69. The molecule has 0 spiro atoms. The molecule has 1 fully saturated rings. The van der Waals surface area contributed by atoms with Gasteiger partial charge in [0.1, 0.15) is 6.23 Å². The third-order valence-corrected chi connectivity index (χ3v) is 8.21. The molecule has 3 unspecified atom stereocenters. The molecule has 0 aromatic heterocycles. The zero-order valence-corrected chi connectivity index (χ0v) is 22.7. The summed E-state index contributed by atoms with van der Waals surface area (Å²) in [5.41, 5.74) is 11.0. The molecule has 2 aliphatic heterocycles. The molecule has 38 heavy (non-hydrogen) atoms. The number of anilines is 1. The van der Waals surface area contributed by atoms with Gasteiger partial charge in [0.25, 0.3) is 0 Å². The highest BCUT2D eigenvalue weighted by molar-refractivity contribution is 5.99. The first-order chi connectivity index (χ1) is 18.4. The van der Waals surface area contributed by atoms with Crippen molar-refractivity contribution >= 4 is 11.5 Å². The van der Waals surface area contributed by atoms with Crippen molar-refractivity contribution in [1.29, 1.82) is 0 Å². The summed E-state index contributed by atoms with van der Waals surface area (Å²) >= 11 is 0. The van der Waals surface area contributed by atoms with Crippen LogP contribution in [0.3, 0.4) is 0 Å². The lowest BCUT2D eigenvalue weighted by Crippen LogP contribution is -2.51. The van der Waals surface area contributed by atoms with E-state index >= 15 is 0 Å². The van der Waals surface area contributed by atoms with Crippen LogP contribution in [0.2, 0.25) is 0 Å². The van der Waals surface area contributed by atoms with E-state index in [9.17, 15) is 9.90 Å². The second-order valence-electron chi connectivity index (χ2n) is 10.1. The monoisotopic (exact) mass is 522 g/mol. The minimum absolute atomic E-state index is 0.0519. The molecular weight excluding hydrogens is 484 g/mol. The number of methoxy groups -OCH3 is 3. The Hall–Kier alpha value is -3.27. The van der Waals surface area contributed by atoms with Gasteiger partial charge < -0.3 is 29.5 Å². The molecule has 9 heteroatoms. The number of rotatable bonds is 8. The van der Waals surface area contributed by atoms with Crippen LogP contribution in [0.15, 0.2) is 47.7 Å². The van der Waals surface area contributed by atoms with E-state index in [-0.39, 0.29) is 29.7 Å². The van der Waals surface area contributed by atoms with E-state index in [4.69, 9.17) is 14.2 Å². The Morgan fingerprint density at radius 3 is 2.16 bits per heavy atom. The summed E-state index contributed by atoms with van der Waals surface area (Å²) in [6.07, 6.45) is 0.0355. The van der Waals surface area contributed by atoms with Crippen LogP contribution in [0.5, 0.6) is 17.2 Å². The number of carbonyl (C=O) groups is 1. The maximum Gasteiger partial charge on any atom is 0.203 e. The standard InChI is InChI=1S/C29H38N4O5/c1-6-33(7-2)19-10-8-16(9-11-19)24-25-20(30-28-26(24)29(35)32-31-28)12-17(13-21(25)34)18-14-22(36-3)27(38-5)23(15-18)37-4/h8-11,14-15,17,24,26,28-32,35H,6-7,12-13H2,1-5H3/t17-,24-,26?,28?,29?/m1/s1. The van der Waals surface area contributed by atoms with Gasteiger partial charge in [-0.3, -0.25) is 4.79 Å². The Morgan fingerprint density at radius 1 is 0.921 bits per heavy atom. The number of hydrogen-bond donors (Lipinski definition) is 4. The third kappa shape index (κ3) is 4.48. The zero-order valence-electron chi connectivity index (χ0n) is 22.7. The Kier molecular flexibility index (Phi) is 7.52. The number of ketones is 1. The van der Waals surface area contributed by atoms with Crippen LogP contribution in [-0.2, 0) is 4.79 Å². The van der Waals surface area contributed by atoms with E-state index in [2.05, 4.69) is 59.2 Å². The molecule has 4 N–H and O–H groups in total. The fourth-order valence-electron chi connectivity index (χ4n) is 6.31. The van der Waals surface area contributed by atoms with Gasteiger partial charge in [-0.05, 0) is 61.6 Å². The zero-order chi connectivity index (χ0) is 27.0. The van der Waals surface area contributed by atoms with Crippen LogP contribution in [0.25, 0.3) is 0 Å². The topological polar surface area (TPSA) is 104 Å². The fourth-order valence-corrected chi connectivity index (χ4v) is 6.31. The van der Waals surface area contributed by atoms with Crippen molar-refractivity contribution in [2.45, 2.75) is 50.9 Å². The molecule has 1 aliphatic carbocycles. The second kappa shape index (κ2) is 10.8. The van der Waals surface area contributed by atoms with E-state index in [1.54, 1.807) is 21.3 Å². The van der Waals surface area contributed by atoms with Gasteiger partial charge in [0.2, 0.25) is 5.75 Å². The van der Waals surface area contributed by atoms with Crippen LogP contribution in [0.1, 0.15) is 49.7 Å². The van der Waals surface area contributed by atoms with Gasteiger partial charge in [-0.2, -0.15) is 0 Å². The Labute approximate surface area is 224 Å². The fraction of sp³-hybridized carbons (Fsp3) is 0.483. The lowest BCUT2D eigenvalue weighted by molar-refractivity contribution is -0.117. The predicted octanol–water partition coefficient (Wildman–Crippen LogP) is 3.01. The molecule has 5 rings (SSSR count). The van der Waals surface area contributed by atoms with Gasteiger partial charge in [0, 0.05) is 48.3 Å². The lowest BCUT2D eigenvalue weighted by Gasteiger charge is -2.42. The Bertz CT molecular complexity index is 1180. The van der Waals surface area contributed by atoms with Crippen molar-refractivity contribution in [1.82, 2.24) is 16.2 Å². The number of aliphatic hydroxyl groups is 1. The van der Waals surface area contributed by atoms with E-state index in [1.165, 1.54) is 0 Å². The number of ether oxygens (including phenoxy) is 3. The number of hydrazine groups is 1. The van der Waals surface area contributed by atoms with Gasteiger partial charge >= 0.3 is 0 Å². The number of allylic oxidation sites excluding steroid dienone is 2. The van der Waals surface area contributed by atoms with Crippen LogP contribution >= 0.6 is 0 Å². The SMILES string of the molecule is CCN(CC)c1ccc([C@@H]2C3=C(C[C@@H](c4cc(OC)c(OC)c(OC)c4)CC3=O)NC3NNC(O)C32)cc1. The number of carbonyl (C=O) groups excluding carboxylic acids is 1. The maximum atomic E-state index is 13.9. The summed E-state index contributed by atoms with van der Waals surface area (Å²) in [5, 5.41) is 14.4. The van der Waals surface area contributed by atoms with E-state index in [1.807, 2.05) is 12.1 Å². The molecule has 0 saturated carbocycles. The number of nitrogens with one attached hydrogen (secondary N) is 3. The van der Waals surface area contributed by atoms with Crippen LogP contribution in [-0.4, -0.2) is 57.7 Å². The molecule has 2 aromatic rings. The molecule has 5 atom stereocenters. The van der Waals surface area contributed by atoms with Gasteiger partial charge in [-0.15, -0.1) is 0 Å². The number of hydrogen-bond acceptors (Lipinski definition) is 9. The maximum absolute atomic E-state index is 13.9. The average molecular weight is 523 g/mol. The number of fused-ring (bicyclic) bond motifs is 1. The first-order valence-electron chi connectivity index (χ1n) is 13.3. The molecule has 3 aliphatic rings. The summed E-state index contributed by atoms with van der Waals surface area (Å²) in [5.74, 6) is 1.26. The summed E-state index contributed by atoms with van der Waals surface area (Å²) in [6, 6.07) is 12.3. The quantitative estimate of drug-likeness (QED) is 0.417. The summed E-state index contributed by atoms with van der Waals surface area (Å²) < 4.78 is 16.6. The van der Waals surface area contributed by atoms with E-state index in [0.29, 0.717) is 30.1 Å². The van der Waals surface area contributed by atoms with Crippen molar-refractivity contribution in [3.8, 4) is 17.2 Å². The normalized spacial score (nSPS) is 26.4. The highest BCUT2D eigenvalue weighted by Crippen LogP contribution is 2.49. The predicted molar refractivity (Wildman–Crippen MR) is 146 cm³/mol. The molecule has 2 heterocycles. The molecule has 0 bridgehead atoms. The molecule has 204 valence electrons. The largest absolute Gasteiger partial charge is 0.493 e. The van der Waals surface area contributed by atoms with Crippen molar-refractivity contribution in [3.63, 3.8) is 0 Å². The third-order valence-electron chi connectivity index (χ3n) is 8.21. The van der Waals surface area contributed by atoms with Crippen molar-refractivity contribution in [2.24, 2.45) is 5.92 Å². The molecule has 9 nitrogen and oxygen atoms in total. The van der Waals surface area contributed by atoms with Crippen LogP contribution < -0.4 is 35.3 Å².